The molecule has 3 aliphatic rings. The van der Waals surface area contributed by atoms with Crippen molar-refractivity contribution in [2.24, 2.45) is 17.8 Å². The predicted molar refractivity (Wildman–Crippen MR) is 146 cm³/mol. The van der Waals surface area contributed by atoms with E-state index in [-0.39, 0.29) is 37.5 Å². The second kappa shape index (κ2) is 11.9. The van der Waals surface area contributed by atoms with E-state index in [1.165, 1.54) is 4.90 Å². The molecule has 2 bridgehead atoms. The Labute approximate surface area is 230 Å². The Morgan fingerprint density at radius 3 is 2.56 bits per heavy atom. The molecule has 0 aliphatic carbocycles. The molecule has 3 aliphatic heterocycles. The van der Waals surface area contributed by atoms with Crippen LogP contribution in [-0.2, 0) is 23.9 Å². The molecule has 1 aromatic rings. The molecule has 1 spiro atoms. The first-order valence-corrected chi connectivity index (χ1v) is 13.7. The molecule has 1 N–H and O–H groups in total. The summed E-state index contributed by atoms with van der Waals surface area (Å²) >= 11 is 0. The summed E-state index contributed by atoms with van der Waals surface area (Å²) in [4.78, 5) is 45.1. The largest absolute Gasteiger partial charge is 0.497 e. The molecular formula is C30H40N2O7. The molecular weight excluding hydrogens is 500 g/mol. The fourth-order valence-corrected chi connectivity index (χ4v) is 6.55. The molecule has 39 heavy (non-hydrogen) atoms. The van der Waals surface area contributed by atoms with E-state index < -0.39 is 41.6 Å². The van der Waals surface area contributed by atoms with Gasteiger partial charge in [0.15, 0.2) is 0 Å². The maximum atomic E-state index is 14.5. The Kier molecular flexibility index (Phi) is 8.81. The Bertz CT molecular complexity index is 1090. The van der Waals surface area contributed by atoms with Crippen LogP contribution in [0.3, 0.4) is 0 Å². The molecule has 2 amide bonds. The van der Waals surface area contributed by atoms with Crippen LogP contribution in [0.4, 0.5) is 5.69 Å². The first-order chi connectivity index (χ1) is 18.7. The van der Waals surface area contributed by atoms with Crippen molar-refractivity contribution >= 4 is 23.5 Å². The lowest BCUT2D eigenvalue weighted by Crippen LogP contribution is -2.59. The molecule has 212 valence electrons. The zero-order valence-electron chi connectivity index (χ0n) is 23.1. The number of benzene rings is 1. The first kappa shape index (κ1) is 28.8. The van der Waals surface area contributed by atoms with Gasteiger partial charge in [-0.05, 0) is 55.9 Å². The van der Waals surface area contributed by atoms with Gasteiger partial charge in [0.1, 0.15) is 17.4 Å². The van der Waals surface area contributed by atoms with Crippen molar-refractivity contribution in [1.82, 2.24) is 4.90 Å². The van der Waals surface area contributed by atoms with Crippen LogP contribution < -0.4 is 9.64 Å². The van der Waals surface area contributed by atoms with Crippen molar-refractivity contribution in [2.45, 2.75) is 63.3 Å². The number of aliphatic hydroxyl groups is 1. The lowest BCUT2D eigenvalue weighted by molar-refractivity contribution is -0.155. The van der Waals surface area contributed by atoms with Crippen molar-refractivity contribution < 1.29 is 33.7 Å². The minimum absolute atomic E-state index is 0.159. The summed E-state index contributed by atoms with van der Waals surface area (Å²) in [5, 5.41) is 10.4. The highest BCUT2D eigenvalue weighted by atomic mass is 16.6. The first-order valence-electron chi connectivity index (χ1n) is 13.7. The summed E-state index contributed by atoms with van der Waals surface area (Å²) in [5.41, 5.74) is -0.567. The van der Waals surface area contributed by atoms with Crippen molar-refractivity contribution in [1.29, 1.82) is 0 Å². The van der Waals surface area contributed by atoms with E-state index >= 15 is 0 Å². The highest BCUT2D eigenvalue weighted by Crippen LogP contribution is 2.59. The number of ether oxygens (including phenoxy) is 3. The van der Waals surface area contributed by atoms with Gasteiger partial charge in [-0.15, -0.1) is 13.2 Å². The van der Waals surface area contributed by atoms with Crippen LogP contribution >= 0.6 is 0 Å². The molecule has 6 atom stereocenters. The number of amides is 2. The third-order valence-electron chi connectivity index (χ3n) is 8.12. The third-order valence-corrected chi connectivity index (χ3v) is 8.12. The Balaban J connectivity index is 1.77. The summed E-state index contributed by atoms with van der Waals surface area (Å²) < 4.78 is 17.3. The lowest BCUT2D eigenvalue weighted by atomic mass is 9.70. The number of rotatable bonds is 13. The number of carbonyl (C=O) groups is 3. The Morgan fingerprint density at radius 1 is 1.26 bits per heavy atom. The van der Waals surface area contributed by atoms with Gasteiger partial charge >= 0.3 is 5.97 Å². The summed E-state index contributed by atoms with van der Waals surface area (Å²) in [6.45, 7) is 11.6. The molecule has 3 fully saturated rings. The van der Waals surface area contributed by atoms with Crippen LogP contribution in [0.2, 0.25) is 0 Å². The van der Waals surface area contributed by atoms with Gasteiger partial charge in [-0.25, -0.2) is 0 Å². The summed E-state index contributed by atoms with van der Waals surface area (Å²) in [7, 11) is 1.57. The van der Waals surface area contributed by atoms with Crippen LogP contribution in [-0.4, -0.2) is 78.4 Å². The Hall–Kier alpha value is -3.17. The van der Waals surface area contributed by atoms with Crippen LogP contribution in [0, 0.1) is 17.8 Å². The Morgan fingerprint density at radius 2 is 1.97 bits per heavy atom. The van der Waals surface area contributed by atoms with Gasteiger partial charge in [-0.1, -0.05) is 26.0 Å². The summed E-state index contributed by atoms with van der Waals surface area (Å²) in [5.74, 6) is -2.01. The average molecular weight is 541 g/mol. The highest BCUT2D eigenvalue weighted by molar-refractivity contribution is 6.04. The van der Waals surface area contributed by atoms with Crippen LogP contribution in [0.1, 0.15) is 39.5 Å². The number of hydrogen-bond donors (Lipinski definition) is 1. The van der Waals surface area contributed by atoms with Gasteiger partial charge in [-0.2, -0.15) is 0 Å². The van der Waals surface area contributed by atoms with Crippen LogP contribution in [0.25, 0.3) is 0 Å². The monoisotopic (exact) mass is 540 g/mol. The van der Waals surface area contributed by atoms with Gasteiger partial charge in [0.25, 0.3) is 5.91 Å². The minimum Gasteiger partial charge on any atom is -0.497 e. The van der Waals surface area contributed by atoms with E-state index in [1.54, 1.807) is 48.4 Å². The fraction of sp³-hybridized carbons (Fsp3) is 0.567. The number of anilines is 1. The second-order valence-electron chi connectivity index (χ2n) is 10.9. The minimum atomic E-state index is -1.18. The second-order valence-corrected chi connectivity index (χ2v) is 10.9. The van der Waals surface area contributed by atoms with Gasteiger partial charge in [0.05, 0.1) is 44.3 Å². The molecule has 9 heteroatoms. The zero-order valence-corrected chi connectivity index (χ0v) is 23.1. The number of nitrogens with zero attached hydrogens (tertiary/aromatic N) is 2. The van der Waals surface area contributed by atoms with Gasteiger partial charge in [0.2, 0.25) is 5.91 Å². The number of aliphatic hydroxyl groups excluding tert-OH is 1. The van der Waals surface area contributed by atoms with Gasteiger partial charge in [0, 0.05) is 12.2 Å². The maximum absolute atomic E-state index is 14.5. The fourth-order valence-electron chi connectivity index (χ4n) is 6.55. The normalized spacial score (nSPS) is 27.8. The summed E-state index contributed by atoms with van der Waals surface area (Å²) in [6.07, 6.45) is 4.79. The molecule has 2 unspecified atom stereocenters. The zero-order chi connectivity index (χ0) is 28.3. The quantitative estimate of drug-likeness (QED) is 0.233. The SMILES string of the molecule is C=CCCOC(=O)[C@@H]1[C@@H]2CCC3(O2)C(C(=O)N(CC=C)c2ccc(OC)cc2)N([C@@H](CO)CC(C)C)C(=O)[C@H]13. The van der Waals surface area contributed by atoms with Crippen molar-refractivity contribution in [2.75, 3.05) is 31.8 Å². The molecule has 0 radical (unpaired) electrons. The van der Waals surface area contributed by atoms with E-state index in [0.717, 1.165) is 0 Å². The van der Waals surface area contributed by atoms with E-state index in [2.05, 4.69) is 13.2 Å². The number of esters is 1. The summed E-state index contributed by atoms with van der Waals surface area (Å²) in [6, 6.07) is 5.47. The number of hydrogen-bond acceptors (Lipinski definition) is 7. The number of fused-ring (bicyclic) bond motifs is 1. The number of likely N-dealkylation sites (tertiary alicyclic amines) is 1. The molecule has 3 heterocycles. The van der Waals surface area contributed by atoms with E-state index in [9.17, 15) is 19.5 Å². The van der Waals surface area contributed by atoms with E-state index in [1.807, 2.05) is 13.8 Å². The lowest BCUT2D eigenvalue weighted by Gasteiger charge is -2.39. The van der Waals surface area contributed by atoms with Crippen molar-refractivity contribution in [3.63, 3.8) is 0 Å². The molecule has 0 saturated carbocycles. The van der Waals surface area contributed by atoms with Crippen LogP contribution in [0.5, 0.6) is 5.75 Å². The van der Waals surface area contributed by atoms with E-state index in [0.29, 0.717) is 37.1 Å². The van der Waals surface area contributed by atoms with E-state index in [4.69, 9.17) is 14.2 Å². The standard InChI is InChI=1S/C30H40N2O7/c1-6-8-16-38-29(36)24-23-13-14-30(39-23)25(24)27(34)32(21(18-33)17-19(3)4)26(30)28(35)31(15-7-2)20-9-11-22(37-5)12-10-20/h6-7,9-12,19,21,23-26,33H,1-2,8,13-18H2,3-5H3/t21-,23+,24-,25+,26?,30?/m1/s1. The van der Waals surface area contributed by atoms with Gasteiger partial charge in [-0.3, -0.25) is 14.4 Å². The van der Waals surface area contributed by atoms with Gasteiger partial charge < -0.3 is 29.1 Å². The average Bonchev–Trinajstić information content (AvgIpc) is 3.57. The number of methoxy groups -OCH3 is 1. The molecule has 0 aromatic heterocycles. The molecule has 9 nitrogen and oxygen atoms in total. The third kappa shape index (κ3) is 5.10. The molecule has 1 aromatic carbocycles. The topological polar surface area (TPSA) is 106 Å². The molecule has 3 saturated heterocycles. The molecule has 4 rings (SSSR count). The highest BCUT2D eigenvalue weighted by Gasteiger charge is 2.75. The van der Waals surface area contributed by atoms with Crippen molar-refractivity contribution in [3.8, 4) is 5.75 Å². The smallest absolute Gasteiger partial charge is 0.312 e. The van der Waals surface area contributed by atoms with Crippen molar-refractivity contribution in [3.05, 3.63) is 49.6 Å². The predicted octanol–water partition coefficient (Wildman–Crippen LogP) is 3.12. The maximum Gasteiger partial charge on any atom is 0.312 e. The van der Waals surface area contributed by atoms with Crippen LogP contribution in [0.15, 0.2) is 49.6 Å². The number of carbonyl (C=O) groups excluding carboxylic acids is 3.